The van der Waals surface area contributed by atoms with E-state index >= 15 is 4.39 Å². The fourth-order valence-corrected chi connectivity index (χ4v) is 6.41. The molecule has 3 aromatic rings. The van der Waals surface area contributed by atoms with Crippen LogP contribution in [0.5, 0.6) is 23.0 Å². The Labute approximate surface area is 280 Å². The number of rotatable bonds is 17. The van der Waals surface area contributed by atoms with Gasteiger partial charge in [0.1, 0.15) is 0 Å². The molecule has 0 fully saturated rings. The molecular weight excluding hydrogens is 657 g/mol. The summed E-state index contributed by atoms with van der Waals surface area (Å²) in [5.74, 6) is -1.22. The smallest absolute Gasteiger partial charge is 0.306 e. The molecule has 0 N–H and O–H groups in total. The van der Waals surface area contributed by atoms with Crippen molar-refractivity contribution >= 4 is 56.7 Å². The Balaban J connectivity index is 1.36. The van der Waals surface area contributed by atoms with E-state index in [1.165, 1.54) is 20.3 Å². The van der Waals surface area contributed by atoms with Crippen molar-refractivity contribution in [1.29, 1.82) is 0 Å². The number of hydrogen-bond donors (Lipinski definition) is 0. The molecule has 1 aliphatic rings. The van der Waals surface area contributed by atoms with Crippen LogP contribution in [0.3, 0.4) is 0 Å². The van der Waals surface area contributed by atoms with E-state index in [9.17, 15) is 19.2 Å². The van der Waals surface area contributed by atoms with Crippen molar-refractivity contribution in [3.8, 4) is 23.0 Å². The normalized spacial score (nSPS) is 12.1. The third kappa shape index (κ3) is 8.63. The van der Waals surface area contributed by atoms with Crippen molar-refractivity contribution in [2.45, 2.75) is 59.0 Å². The molecule has 11 nitrogen and oxygen atoms in total. The summed E-state index contributed by atoms with van der Waals surface area (Å²) in [5, 5.41) is 0.536. The molecule has 1 aromatic heterocycles. The molecule has 2 heterocycles. The molecule has 0 saturated heterocycles. The van der Waals surface area contributed by atoms with Crippen LogP contribution in [0.1, 0.15) is 66.8 Å². The lowest BCUT2D eigenvalue weighted by Crippen LogP contribution is -2.25. The minimum atomic E-state index is -0.661. The fraction of sp³-hybridized carbons (Fsp3) is 0.455. The van der Waals surface area contributed by atoms with E-state index in [1.54, 1.807) is 30.9 Å². The molecule has 0 spiro atoms. The number of ether oxygens (including phenoxy) is 6. The summed E-state index contributed by atoms with van der Waals surface area (Å²) in [6.45, 7) is 4.71. The highest BCUT2D eigenvalue weighted by molar-refractivity contribution is 7.20. The van der Waals surface area contributed by atoms with Crippen molar-refractivity contribution in [2.75, 3.05) is 40.6 Å². The van der Waals surface area contributed by atoms with Crippen molar-refractivity contribution < 1.29 is 52.0 Å². The number of Topliss-reactive ketones (excluding diaryl/α,β-unsaturated/α-hetero) is 1. The van der Waals surface area contributed by atoms with Crippen molar-refractivity contribution in [3.63, 3.8) is 0 Å². The summed E-state index contributed by atoms with van der Waals surface area (Å²) in [4.78, 5) is 50.6. The molecule has 1 amide bonds. The minimum Gasteiger partial charge on any atom is -0.493 e. The quantitative estimate of drug-likeness (QED) is 0.0907. The maximum absolute atomic E-state index is 15.6. The first-order chi connectivity index (χ1) is 22.6. The van der Waals surface area contributed by atoms with Gasteiger partial charge in [0.25, 0.3) is 0 Å². The van der Waals surface area contributed by atoms with Gasteiger partial charge in [-0.2, -0.15) is 0 Å². The topological polar surface area (TPSA) is 127 Å². The molecule has 2 aromatic carbocycles. The van der Waals surface area contributed by atoms with Crippen LogP contribution < -0.4 is 18.9 Å². The third-order valence-corrected chi connectivity index (χ3v) is 8.86. The van der Waals surface area contributed by atoms with E-state index in [1.807, 2.05) is 0 Å². The number of hydrogen-bond acceptors (Lipinski definition) is 11. The van der Waals surface area contributed by atoms with E-state index in [2.05, 4.69) is 0 Å². The van der Waals surface area contributed by atoms with Crippen molar-refractivity contribution in [2.24, 2.45) is 0 Å². The highest BCUT2D eigenvalue weighted by Gasteiger charge is 2.29. The maximum atomic E-state index is 15.6. The first-order valence-corrected chi connectivity index (χ1v) is 16.4. The Hall–Kier alpha value is -4.10. The Bertz CT molecular complexity index is 1640. The summed E-state index contributed by atoms with van der Waals surface area (Å²) in [6, 6.07) is 4.84. The lowest BCUT2D eigenvalue weighted by atomic mass is 10.1. The fourth-order valence-electron chi connectivity index (χ4n) is 5.03. The van der Waals surface area contributed by atoms with Crippen LogP contribution in [-0.2, 0) is 36.9 Å². The van der Waals surface area contributed by atoms with Gasteiger partial charge >= 0.3 is 11.9 Å². The number of nitrogens with zero attached hydrogens (tertiary/aromatic N) is 1. The average Bonchev–Trinajstić information content (AvgIpc) is 3.69. The van der Waals surface area contributed by atoms with Gasteiger partial charge in [-0.05, 0) is 37.1 Å². The number of halogens is 2. The second kappa shape index (κ2) is 16.6. The van der Waals surface area contributed by atoms with Gasteiger partial charge in [-0.3, -0.25) is 19.2 Å². The average molecular weight is 694 g/mol. The molecule has 0 saturated carbocycles. The SMILES string of the molecule is CCOC(=O)CCC(=O)c1cc2c(F)c(OCCCOc3c(OC)cc4c(c3Cl)CN(C(=O)CCC(=O)OCC)C4)c(OC)cc2s1. The van der Waals surface area contributed by atoms with Gasteiger partial charge in [0.05, 0.1) is 63.4 Å². The lowest BCUT2D eigenvalue weighted by molar-refractivity contribution is -0.145. The number of esters is 2. The van der Waals surface area contributed by atoms with E-state index in [-0.39, 0.29) is 87.2 Å². The number of carbonyl (C=O) groups excluding carboxylic acids is 4. The predicted octanol–water partition coefficient (Wildman–Crippen LogP) is 6.27. The number of thiophene rings is 1. The van der Waals surface area contributed by atoms with Crippen LogP contribution in [0.4, 0.5) is 4.39 Å². The molecular formula is C33H37ClFNO10S. The van der Waals surface area contributed by atoms with Gasteiger partial charge in [0.2, 0.25) is 5.91 Å². The van der Waals surface area contributed by atoms with Gasteiger partial charge in [-0.1, -0.05) is 11.6 Å². The van der Waals surface area contributed by atoms with Gasteiger partial charge in [0, 0.05) is 48.5 Å². The Kier molecular flexibility index (Phi) is 12.7. The highest BCUT2D eigenvalue weighted by atomic mass is 35.5. The van der Waals surface area contributed by atoms with Gasteiger partial charge < -0.3 is 33.3 Å². The molecule has 47 heavy (non-hydrogen) atoms. The van der Waals surface area contributed by atoms with Crippen molar-refractivity contribution in [3.05, 3.63) is 45.0 Å². The Morgan fingerprint density at radius 3 is 2.11 bits per heavy atom. The molecule has 0 radical (unpaired) electrons. The van der Waals surface area contributed by atoms with Crippen LogP contribution >= 0.6 is 22.9 Å². The number of fused-ring (bicyclic) bond motifs is 2. The molecule has 4 rings (SSSR count). The van der Waals surface area contributed by atoms with Gasteiger partial charge in [-0.15, -0.1) is 11.3 Å². The van der Waals surface area contributed by atoms with Crippen LogP contribution in [0.25, 0.3) is 10.1 Å². The summed E-state index contributed by atoms with van der Waals surface area (Å²) < 4.78 is 48.5. The molecule has 14 heteroatoms. The van der Waals surface area contributed by atoms with Crippen LogP contribution in [-0.4, -0.2) is 69.2 Å². The first-order valence-electron chi connectivity index (χ1n) is 15.2. The largest absolute Gasteiger partial charge is 0.493 e. The predicted molar refractivity (Wildman–Crippen MR) is 172 cm³/mol. The standard InChI is InChI=1S/C33H37ClFNO10S/c1-5-43-28(39)10-8-22(37)26-15-20-25(47-26)16-24(42-4)33(31(20)35)46-13-7-12-45-32-23(41-3)14-19-17-36(18-21(19)30(32)34)27(38)9-11-29(40)44-6-2/h14-16H,5-13,17-18H2,1-4H3. The van der Waals surface area contributed by atoms with E-state index < -0.39 is 17.8 Å². The molecule has 0 atom stereocenters. The maximum Gasteiger partial charge on any atom is 0.306 e. The van der Waals surface area contributed by atoms with Gasteiger partial charge in [-0.25, -0.2) is 4.39 Å². The Morgan fingerprint density at radius 2 is 1.47 bits per heavy atom. The molecule has 0 bridgehead atoms. The zero-order valence-electron chi connectivity index (χ0n) is 26.7. The summed E-state index contributed by atoms with van der Waals surface area (Å²) >= 11 is 7.83. The zero-order valence-corrected chi connectivity index (χ0v) is 28.3. The van der Waals surface area contributed by atoms with Crippen molar-refractivity contribution in [1.82, 2.24) is 4.90 Å². The molecule has 0 aliphatic carbocycles. The number of ketones is 1. The zero-order chi connectivity index (χ0) is 34.1. The van der Waals surface area contributed by atoms with E-state index in [0.29, 0.717) is 39.1 Å². The van der Waals surface area contributed by atoms with Crippen LogP contribution in [0, 0.1) is 5.82 Å². The number of amides is 1. The first kappa shape index (κ1) is 35.7. The summed E-state index contributed by atoms with van der Waals surface area (Å²) in [6.07, 6.45) is 0.287. The third-order valence-electron chi connectivity index (χ3n) is 7.33. The number of methoxy groups -OCH3 is 2. The lowest BCUT2D eigenvalue weighted by Gasteiger charge is -2.16. The molecule has 254 valence electrons. The van der Waals surface area contributed by atoms with E-state index in [0.717, 1.165) is 22.5 Å². The van der Waals surface area contributed by atoms with E-state index in [4.69, 9.17) is 40.0 Å². The van der Waals surface area contributed by atoms with Crippen LogP contribution in [0.15, 0.2) is 18.2 Å². The minimum absolute atomic E-state index is 0.00314. The molecule has 1 aliphatic heterocycles. The Morgan fingerprint density at radius 1 is 0.851 bits per heavy atom. The summed E-state index contributed by atoms with van der Waals surface area (Å²) in [7, 11) is 2.88. The highest BCUT2D eigenvalue weighted by Crippen LogP contribution is 2.44. The molecule has 0 unspecified atom stereocenters. The van der Waals surface area contributed by atoms with Crippen LogP contribution in [0.2, 0.25) is 5.02 Å². The summed E-state index contributed by atoms with van der Waals surface area (Å²) in [5.41, 5.74) is 1.56. The second-order valence-corrected chi connectivity index (χ2v) is 11.9. The van der Waals surface area contributed by atoms with Gasteiger partial charge in [0.15, 0.2) is 34.6 Å². The number of carbonyl (C=O) groups is 4. The monoisotopic (exact) mass is 693 g/mol. The second-order valence-electron chi connectivity index (χ2n) is 10.4. The number of benzene rings is 2.